The first kappa shape index (κ1) is 14.0. The summed E-state index contributed by atoms with van der Waals surface area (Å²) in [7, 11) is 0. The van der Waals surface area contributed by atoms with E-state index in [2.05, 4.69) is 0 Å². The highest BCUT2D eigenvalue weighted by atomic mass is 32.2. The lowest BCUT2D eigenvalue weighted by Gasteiger charge is -2.15. The van der Waals surface area contributed by atoms with E-state index in [4.69, 9.17) is 5.73 Å². The van der Waals surface area contributed by atoms with Crippen LogP contribution in [0.2, 0.25) is 0 Å². The van der Waals surface area contributed by atoms with Crippen molar-refractivity contribution < 1.29 is 13.2 Å². The van der Waals surface area contributed by atoms with Gasteiger partial charge in [-0.1, -0.05) is 12.1 Å². The average Bonchev–Trinajstić information content (AvgIpc) is 2.37. The van der Waals surface area contributed by atoms with Crippen LogP contribution in [0.1, 0.15) is 17.2 Å². The summed E-state index contributed by atoms with van der Waals surface area (Å²) in [5.74, 6) is -2.90. The normalized spacial score (nSPS) is 12.5. The lowest BCUT2D eigenvalue weighted by Crippen LogP contribution is -2.16. The lowest BCUT2D eigenvalue weighted by molar-refractivity contribution is 0.515. The first-order chi connectivity index (χ1) is 9.02. The zero-order chi connectivity index (χ0) is 14.0. The topological polar surface area (TPSA) is 26.0 Å². The van der Waals surface area contributed by atoms with E-state index in [1.807, 2.05) is 18.4 Å². The van der Waals surface area contributed by atoms with Crippen LogP contribution in [0.3, 0.4) is 0 Å². The molecule has 0 saturated carbocycles. The van der Waals surface area contributed by atoms with Crippen molar-refractivity contribution in [3.63, 3.8) is 0 Å². The molecule has 2 aromatic rings. The zero-order valence-electron chi connectivity index (χ0n) is 10.2. The van der Waals surface area contributed by atoms with Crippen LogP contribution >= 0.6 is 11.8 Å². The Balaban J connectivity index is 2.40. The molecular weight excluding hydrogens is 271 g/mol. The first-order valence-electron chi connectivity index (χ1n) is 5.57. The van der Waals surface area contributed by atoms with Gasteiger partial charge in [0.05, 0.1) is 6.04 Å². The first-order valence-corrected chi connectivity index (χ1v) is 6.79. The number of rotatable bonds is 3. The van der Waals surface area contributed by atoms with Gasteiger partial charge in [0.1, 0.15) is 17.5 Å². The summed E-state index contributed by atoms with van der Waals surface area (Å²) in [6.45, 7) is 0. The Morgan fingerprint density at radius 2 is 1.53 bits per heavy atom. The molecule has 0 spiro atoms. The molecule has 1 nitrogen and oxygen atoms in total. The van der Waals surface area contributed by atoms with Crippen molar-refractivity contribution in [1.82, 2.24) is 0 Å². The van der Waals surface area contributed by atoms with E-state index in [-0.39, 0.29) is 5.56 Å². The van der Waals surface area contributed by atoms with Crippen molar-refractivity contribution >= 4 is 11.8 Å². The molecule has 2 rings (SSSR count). The van der Waals surface area contributed by atoms with Crippen molar-refractivity contribution in [2.45, 2.75) is 10.9 Å². The maximum Gasteiger partial charge on any atom is 0.134 e. The predicted molar refractivity (Wildman–Crippen MR) is 70.6 cm³/mol. The van der Waals surface area contributed by atoms with E-state index in [0.717, 1.165) is 4.90 Å². The standard InChI is InChI=1S/C14H12F3NS/c1-19-10-4-2-8(3-5-10)14(18)13-11(16)6-9(15)7-12(13)17/h2-7,14H,18H2,1H3. The second-order valence-electron chi connectivity index (χ2n) is 4.03. The molecule has 0 heterocycles. The minimum Gasteiger partial charge on any atom is -0.320 e. The maximum absolute atomic E-state index is 13.6. The minimum absolute atomic E-state index is 0.321. The van der Waals surface area contributed by atoms with Crippen molar-refractivity contribution in [3.8, 4) is 0 Å². The third kappa shape index (κ3) is 2.93. The van der Waals surface area contributed by atoms with Crippen molar-refractivity contribution in [3.05, 3.63) is 65.0 Å². The van der Waals surface area contributed by atoms with Crippen LogP contribution in [-0.2, 0) is 0 Å². The predicted octanol–water partition coefficient (Wildman–Crippen LogP) is 3.87. The smallest absolute Gasteiger partial charge is 0.134 e. The maximum atomic E-state index is 13.6. The second-order valence-corrected chi connectivity index (χ2v) is 4.91. The fourth-order valence-corrected chi connectivity index (χ4v) is 2.24. The average molecular weight is 283 g/mol. The van der Waals surface area contributed by atoms with E-state index in [1.54, 1.807) is 23.9 Å². The molecule has 5 heteroatoms. The van der Waals surface area contributed by atoms with Gasteiger partial charge in [0, 0.05) is 22.6 Å². The molecular formula is C14H12F3NS. The lowest BCUT2D eigenvalue weighted by atomic mass is 9.98. The van der Waals surface area contributed by atoms with Crippen molar-refractivity contribution in [2.24, 2.45) is 5.73 Å². The fraction of sp³-hybridized carbons (Fsp3) is 0.143. The highest BCUT2D eigenvalue weighted by Crippen LogP contribution is 2.27. The number of benzene rings is 2. The van der Waals surface area contributed by atoms with E-state index < -0.39 is 23.5 Å². The molecule has 0 aromatic heterocycles. The summed E-state index contributed by atoms with van der Waals surface area (Å²) in [6.07, 6.45) is 1.92. The van der Waals surface area contributed by atoms with Gasteiger partial charge in [-0.25, -0.2) is 13.2 Å². The molecule has 2 N–H and O–H groups in total. The Morgan fingerprint density at radius 1 is 1.00 bits per heavy atom. The molecule has 2 aromatic carbocycles. The monoisotopic (exact) mass is 283 g/mol. The number of thioether (sulfide) groups is 1. The molecule has 0 aliphatic heterocycles. The van der Waals surface area contributed by atoms with Crippen molar-refractivity contribution in [1.29, 1.82) is 0 Å². The van der Waals surface area contributed by atoms with Crippen LogP contribution in [0.25, 0.3) is 0 Å². The van der Waals surface area contributed by atoms with Crippen LogP contribution in [0.4, 0.5) is 13.2 Å². The van der Waals surface area contributed by atoms with Crippen molar-refractivity contribution in [2.75, 3.05) is 6.26 Å². The molecule has 0 radical (unpaired) electrons. The Morgan fingerprint density at radius 3 is 2.00 bits per heavy atom. The Labute approximate surface area is 113 Å². The summed E-state index contributed by atoms with van der Waals surface area (Å²) in [5, 5.41) is 0. The van der Waals surface area contributed by atoms with Gasteiger partial charge in [0.15, 0.2) is 0 Å². The molecule has 0 aliphatic carbocycles. The largest absolute Gasteiger partial charge is 0.320 e. The molecule has 0 fully saturated rings. The number of hydrogen-bond donors (Lipinski definition) is 1. The van der Waals surface area contributed by atoms with E-state index >= 15 is 0 Å². The quantitative estimate of drug-likeness (QED) is 0.865. The molecule has 100 valence electrons. The van der Waals surface area contributed by atoms with Gasteiger partial charge in [0.2, 0.25) is 0 Å². The van der Waals surface area contributed by atoms with Gasteiger partial charge >= 0.3 is 0 Å². The van der Waals surface area contributed by atoms with Gasteiger partial charge in [-0.05, 0) is 24.0 Å². The van der Waals surface area contributed by atoms with Gasteiger partial charge in [-0.15, -0.1) is 11.8 Å². The van der Waals surface area contributed by atoms with Gasteiger partial charge in [-0.3, -0.25) is 0 Å². The van der Waals surface area contributed by atoms with Gasteiger partial charge < -0.3 is 5.73 Å². The van der Waals surface area contributed by atoms with Gasteiger partial charge in [-0.2, -0.15) is 0 Å². The summed E-state index contributed by atoms with van der Waals surface area (Å²) >= 11 is 1.55. The fourth-order valence-electron chi connectivity index (χ4n) is 1.83. The van der Waals surface area contributed by atoms with Crippen LogP contribution in [0.5, 0.6) is 0 Å². The Kier molecular flexibility index (Phi) is 4.17. The van der Waals surface area contributed by atoms with Gasteiger partial charge in [0.25, 0.3) is 0 Å². The SMILES string of the molecule is CSc1ccc(C(N)c2c(F)cc(F)cc2F)cc1. The van der Waals surface area contributed by atoms with Crippen LogP contribution < -0.4 is 5.73 Å². The molecule has 0 saturated heterocycles. The third-order valence-electron chi connectivity index (χ3n) is 2.83. The van der Waals surface area contributed by atoms with E-state index in [0.29, 0.717) is 17.7 Å². The molecule has 0 bridgehead atoms. The number of hydrogen-bond acceptors (Lipinski definition) is 2. The highest BCUT2D eigenvalue weighted by Gasteiger charge is 2.19. The molecule has 0 aliphatic rings. The summed E-state index contributed by atoms with van der Waals surface area (Å²) in [6, 6.07) is 7.36. The zero-order valence-corrected chi connectivity index (χ0v) is 11.0. The Bertz CT molecular complexity index is 561. The molecule has 19 heavy (non-hydrogen) atoms. The van der Waals surface area contributed by atoms with Crippen LogP contribution in [0, 0.1) is 17.5 Å². The Hall–Kier alpha value is -1.46. The minimum atomic E-state index is -0.973. The summed E-state index contributed by atoms with van der Waals surface area (Å²) < 4.78 is 40.1. The van der Waals surface area contributed by atoms with Crippen LogP contribution in [-0.4, -0.2) is 6.26 Å². The number of nitrogens with two attached hydrogens (primary N) is 1. The van der Waals surface area contributed by atoms with Crippen LogP contribution in [0.15, 0.2) is 41.3 Å². The highest BCUT2D eigenvalue weighted by molar-refractivity contribution is 7.98. The molecule has 1 atom stereocenters. The molecule has 0 amide bonds. The molecule has 1 unspecified atom stereocenters. The number of halogens is 3. The van der Waals surface area contributed by atoms with E-state index in [1.165, 1.54) is 0 Å². The second kappa shape index (κ2) is 5.67. The third-order valence-corrected chi connectivity index (χ3v) is 3.57. The summed E-state index contributed by atoms with van der Waals surface area (Å²) in [5.41, 5.74) is 6.10. The van der Waals surface area contributed by atoms with E-state index in [9.17, 15) is 13.2 Å². The summed E-state index contributed by atoms with van der Waals surface area (Å²) in [4.78, 5) is 1.02.